The highest BCUT2D eigenvalue weighted by Crippen LogP contribution is 2.32. The van der Waals surface area contributed by atoms with Gasteiger partial charge in [0.05, 0.1) is 11.6 Å². The highest BCUT2D eigenvalue weighted by atomic mass is 32.2. The zero-order valence-corrected chi connectivity index (χ0v) is 16.5. The number of nitrogens with one attached hydrogen (secondary N) is 2. The summed E-state index contributed by atoms with van der Waals surface area (Å²) in [7, 11) is -2.46. The molecule has 0 fully saturated rings. The zero-order chi connectivity index (χ0) is 21.2. The molecule has 3 N–H and O–H groups in total. The topological polar surface area (TPSA) is 133 Å². The number of aliphatic hydroxyl groups excluding tert-OH is 1. The minimum absolute atomic E-state index is 0.0141. The second-order valence-electron chi connectivity index (χ2n) is 6.34. The minimum Gasteiger partial charge on any atom is -0.487 e. The molecule has 1 aromatic heterocycles. The molecular weight excluding hydrogens is 396 g/mol. The molecule has 3 rings (SSSR count). The first-order valence-corrected chi connectivity index (χ1v) is 10.0. The van der Waals surface area contributed by atoms with Crippen molar-refractivity contribution in [2.45, 2.75) is 17.9 Å². The van der Waals surface area contributed by atoms with Crippen molar-refractivity contribution in [1.29, 1.82) is 5.26 Å². The number of carbonyl (C=O) groups is 1. The number of benzene rings is 1. The van der Waals surface area contributed by atoms with E-state index in [0.29, 0.717) is 11.3 Å². The van der Waals surface area contributed by atoms with Crippen molar-refractivity contribution in [1.82, 2.24) is 9.29 Å². The van der Waals surface area contributed by atoms with Gasteiger partial charge in [0.25, 0.3) is 5.91 Å². The lowest BCUT2D eigenvalue weighted by atomic mass is 10.1. The maximum absolute atomic E-state index is 12.9. The Bertz CT molecular complexity index is 1180. The molecule has 9 nitrogen and oxygen atoms in total. The Morgan fingerprint density at radius 1 is 1.48 bits per heavy atom. The number of aryl methyl sites for hydroxylation is 2. The van der Waals surface area contributed by atoms with E-state index >= 15 is 0 Å². The summed E-state index contributed by atoms with van der Waals surface area (Å²) in [4.78, 5) is 12.7. The Hall–Kier alpha value is -3.31. The highest BCUT2D eigenvalue weighted by Gasteiger charge is 2.34. The van der Waals surface area contributed by atoms with Crippen molar-refractivity contribution >= 4 is 21.6 Å². The molecule has 29 heavy (non-hydrogen) atoms. The SMILES string of the molecule is Cc1ccc(NC(=O)c2c3c(cn2C)S(=O)(=O)N[C@@H](C#CCO)CO3)cc1C#N. The van der Waals surface area contributed by atoms with Crippen molar-refractivity contribution in [3.8, 4) is 23.7 Å². The van der Waals surface area contributed by atoms with Crippen LogP contribution in [0, 0.1) is 30.1 Å². The molecule has 0 radical (unpaired) electrons. The molecule has 1 amide bonds. The smallest absolute Gasteiger partial charge is 0.276 e. The van der Waals surface area contributed by atoms with Crippen LogP contribution in [0.15, 0.2) is 29.3 Å². The summed E-state index contributed by atoms with van der Waals surface area (Å²) >= 11 is 0. The molecule has 0 spiro atoms. The van der Waals surface area contributed by atoms with E-state index in [1.807, 2.05) is 6.07 Å². The van der Waals surface area contributed by atoms with Gasteiger partial charge in [-0.15, -0.1) is 0 Å². The molecule has 10 heteroatoms. The van der Waals surface area contributed by atoms with Gasteiger partial charge in [-0.1, -0.05) is 17.9 Å². The van der Waals surface area contributed by atoms with Gasteiger partial charge in [0, 0.05) is 18.9 Å². The largest absolute Gasteiger partial charge is 0.487 e. The predicted octanol–water partition coefficient (Wildman–Crippen LogP) is 0.492. The lowest BCUT2D eigenvalue weighted by Gasteiger charge is -2.11. The normalized spacial score (nSPS) is 17.0. The van der Waals surface area contributed by atoms with Gasteiger partial charge in [-0.2, -0.15) is 9.98 Å². The number of ether oxygens (including phenoxy) is 1. The van der Waals surface area contributed by atoms with Crippen molar-refractivity contribution < 1.29 is 23.1 Å². The molecular formula is C19H18N4O5S. The Labute approximate surface area is 168 Å². The molecule has 0 unspecified atom stereocenters. The van der Waals surface area contributed by atoms with Gasteiger partial charge in [-0.3, -0.25) is 4.79 Å². The first kappa shape index (κ1) is 20.4. The monoisotopic (exact) mass is 414 g/mol. The summed E-state index contributed by atoms with van der Waals surface area (Å²) in [6.07, 6.45) is 1.28. The van der Waals surface area contributed by atoms with Crippen LogP contribution in [0.3, 0.4) is 0 Å². The maximum Gasteiger partial charge on any atom is 0.276 e. The molecule has 1 atom stereocenters. The van der Waals surface area contributed by atoms with Gasteiger partial charge in [-0.05, 0) is 24.6 Å². The van der Waals surface area contributed by atoms with Crippen LogP contribution >= 0.6 is 0 Å². The second-order valence-corrected chi connectivity index (χ2v) is 8.02. The molecule has 0 aliphatic carbocycles. The fraction of sp³-hybridized carbons (Fsp3) is 0.263. The van der Waals surface area contributed by atoms with Crippen LogP contribution in [-0.4, -0.2) is 43.3 Å². The Morgan fingerprint density at radius 2 is 2.24 bits per heavy atom. The average Bonchev–Trinajstić information content (AvgIpc) is 2.96. The summed E-state index contributed by atoms with van der Waals surface area (Å²) in [5.41, 5.74) is 1.60. The summed E-state index contributed by atoms with van der Waals surface area (Å²) in [5, 5.41) is 20.6. The van der Waals surface area contributed by atoms with Crippen LogP contribution in [0.5, 0.6) is 5.75 Å². The fourth-order valence-electron chi connectivity index (χ4n) is 2.87. The van der Waals surface area contributed by atoms with Crippen LogP contribution in [0.25, 0.3) is 0 Å². The third-order valence-electron chi connectivity index (χ3n) is 4.27. The van der Waals surface area contributed by atoms with E-state index in [9.17, 15) is 13.2 Å². The Kier molecular flexibility index (Phi) is 5.62. The number of nitrogens with zero attached hydrogens (tertiary/aromatic N) is 2. The Balaban J connectivity index is 1.96. The summed E-state index contributed by atoms with van der Waals surface area (Å²) in [6.45, 7) is 1.23. The molecule has 1 aliphatic rings. The van der Waals surface area contributed by atoms with Crippen molar-refractivity contribution in [2.75, 3.05) is 18.5 Å². The number of amides is 1. The van der Waals surface area contributed by atoms with Gasteiger partial charge in [0.15, 0.2) is 11.4 Å². The summed E-state index contributed by atoms with van der Waals surface area (Å²) < 4.78 is 34.6. The summed E-state index contributed by atoms with van der Waals surface area (Å²) in [5.74, 6) is 4.28. The Morgan fingerprint density at radius 3 is 2.93 bits per heavy atom. The first-order valence-electron chi connectivity index (χ1n) is 8.52. The van der Waals surface area contributed by atoms with E-state index in [2.05, 4.69) is 21.9 Å². The van der Waals surface area contributed by atoms with E-state index in [1.165, 1.54) is 23.9 Å². The number of anilines is 1. The van der Waals surface area contributed by atoms with E-state index in [4.69, 9.17) is 15.1 Å². The lowest BCUT2D eigenvalue weighted by Crippen LogP contribution is -2.35. The number of sulfonamides is 1. The summed E-state index contributed by atoms with van der Waals surface area (Å²) in [6, 6.07) is 6.07. The molecule has 2 heterocycles. The number of carbonyl (C=O) groups excluding carboxylic acids is 1. The lowest BCUT2D eigenvalue weighted by molar-refractivity contribution is 0.101. The molecule has 150 valence electrons. The van der Waals surface area contributed by atoms with Gasteiger partial charge in [0.1, 0.15) is 24.2 Å². The van der Waals surface area contributed by atoms with Gasteiger partial charge in [0.2, 0.25) is 10.0 Å². The number of aliphatic hydroxyl groups is 1. The zero-order valence-electron chi connectivity index (χ0n) is 15.7. The number of aromatic nitrogens is 1. The number of hydrogen-bond acceptors (Lipinski definition) is 6. The average molecular weight is 414 g/mol. The van der Waals surface area contributed by atoms with Gasteiger partial charge >= 0.3 is 0 Å². The van der Waals surface area contributed by atoms with E-state index in [-0.39, 0.29) is 22.9 Å². The van der Waals surface area contributed by atoms with E-state index < -0.39 is 28.6 Å². The highest BCUT2D eigenvalue weighted by molar-refractivity contribution is 7.89. The standard InChI is InChI=1S/C19H18N4O5S/c1-12-5-6-14(8-13(12)9-20)21-19(25)17-18-16(10-23(17)2)29(26,27)22-15(11-28-18)4-3-7-24/h5-6,8,10,15,22,24H,7,11H2,1-2H3,(H,21,25)/t15-/m0/s1. The maximum atomic E-state index is 12.9. The number of rotatable bonds is 2. The van der Waals surface area contributed by atoms with Crippen molar-refractivity contribution in [2.24, 2.45) is 7.05 Å². The predicted molar refractivity (Wildman–Crippen MR) is 104 cm³/mol. The number of fused-ring (bicyclic) bond motifs is 1. The van der Waals surface area contributed by atoms with Crippen LogP contribution < -0.4 is 14.8 Å². The van der Waals surface area contributed by atoms with Crippen LogP contribution in [-0.2, 0) is 17.1 Å². The fourth-order valence-corrected chi connectivity index (χ4v) is 4.20. The second kappa shape index (κ2) is 7.97. The molecule has 0 saturated carbocycles. The third kappa shape index (κ3) is 4.10. The van der Waals surface area contributed by atoms with Crippen molar-refractivity contribution in [3.05, 3.63) is 41.2 Å². The minimum atomic E-state index is -3.99. The molecule has 1 aliphatic heterocycles. The van der Waals surface area contributed by atoms with E-state index in [0.717, 1.165) is 5.56 Å². The molecule has 2 aromatic rings. The number of nitriles is 1. The first-order chi connectivity index (χ1) is 13.8. The molecule has 0 saturated heterocycles. The van der Waals surface area contributed by atoms with Gasteiger partial charge < -0.3 is 19.7 Å². The van der Waals surface area contributed by atoms with Crippen LogP contribution in [0.4, 0.5) is 5.69 Å². The van der Waals surface area contributed by atoms with Crippen molar-refractivity contribution in [3.63, 3.8) is 0 Å². The quantitative estimate of drug-likeness (QED) is 0.613. The third-order valence-corrected chi connectivity index (χ3v) is 5.73. The number of hydrogen-bond donors (Lipinski definition) is 3. The van der Waals surface area contributed by atoms with E-state index in [1.54, 1.807) is 19.1 Å². The molecule has 0 bridgehead atoms. The molecule has 1 aromatic carbocycles. The van der Waals surface area contributed by atoms with Crippen LogP contribution in [0.2, 0.25) is 0 Å². The van der Waals surface area contributed by atoms with Gasteiger partial charge in [-0.25, -0.2) is 8.42 Å². The van der Waals surface area contributed by atoms with Crippen LogP contribution in [0.1, 0.15) is 21.6 Å².